The van der Waals surface area contributed by atoms with Crippen LogP contribution in [0.5, 0.6) is 0 Å². The normalized spacial score (nSPS) is 18.4. The second kappa shape index (κ2) is 8.75. The molecule has 0 unspecified atom stereocenters. The average molecular weight is 392 g/mol. The van der Waals surface area contributed by atoms with E-state index in [0.717, 1.165) is 44.8 Å². The number of amides is 1. The first-order valence-corrected chi connectivity index (χ1v) is 10.1. The fourth-order valence-corrected chi connectivity index (χ4v) is 4.03. The minimum Gasteiger partial charge on any atom is -0.369 e. The van der Waals surface area contributed by atoms with Gasteiger partial charge in [-0.05, 0) is 18.9 Å². The summed E-state index contributed by atoms with van der Waals surface area (Å²) in [6.45, 7) is 7.32. The van der Waals surface area contributed by atoms with E-state index in [9.17, 15) is 19.3 Å². The van der Waals surface area contributed by atoms with Crippen molar-refractivity contribution in [2.45, 2.75) is 39.5 Å². The minimum atomic E-state index is -0.536. The molecule has 154 valence electrons. The van der Waals surface area contributed by atoms with Crippen LogP contribution in [0.15, 0.2) is 12.1 Å². The van der Waals surface area contributed by atoms with Crippen molar-refractivity contribution in [1.82, 2.24) is 4.90 Å². The van der Waals surface area contributed by atoms with Crippen molar-refractivity contribution in [2.75, 3.05) is 49.1 Å². The first kappa shape index (κ1) is 20.4. The van der Waals surface area contributed by atoms with Crippen LogP contribution in [0.1, 0.15) is 39.5 Å². The molecule has 0 spiro atoms. The van der Waals surface area contributed by atoms with Crippen LogP contribution in [-0.2, 0) is 4.79 Å². The van der Waals surface area contributed by atoms with E-state index < -0.39 is 10.7 Å². The number of halogens is 1. The highest BCUT2D eigenvalue weighted by molar-refractivity contribution is 5.78. The zero-order chi connectivity index (χ0) is 20.3. The highest BCUT2D eigenvalue weighted by atomic mass is 19.1. The lowest BCUT2D eigenvalue weighted by Gasteiger charge is -2.37. The summed E-state index contributed by atoms with van der Waals surface area (Å²) in [7, 11) is 0. The van der Waals surface area contributed by atoms with Gasteiger partial charge in [0.25, 0.3) is 5.69 Å². The van der Waals surface area contributed by atoms with E-state index in [4.69, 9.17) is 0 Å². The average Bonchev–Trinajstić information content (AvgIpc) is 2.96. The maximum atomic E-state index is 14.7. The predicted octanol–water partition coefficient (Wildman–Crippen LogP) is 3.42. The molecule has 0 saturated carbocycles. The Balaban J connectivity index is 1.86. The quantitative estimate of drug-likeness (QED) is 0.580. The van der Waals surface area contributed by atoms with Gasteiger partial charge in [-0.15, -0.1) is 0 Å². The van der Waals surface area contributed by atoms with Crippen LogP contribution in [0.25, 0.3) is 0 Å². The van der Waals surface area contributed by atoms with E-state index >= 15 is 0 Å². The molecule has 0 atom stereocenters. The maximum Gasteiger partial charge on any atom is 0.295 e. The lowest BCUT2D eigenvalue weighted by atomic mass is 10.1. The molecule has 2 fully saturated rings. The summed E-state index contributed by atoms with van der Waals surface area (Å²) in [5.41, 5.74) is 0.685. The third-order valence-electron chi connectivity index (χ3n) is 5.61. The van der Waals surface area contributed by atoms with Crippen LogP contribution < -0.4 is 9.80 Å². The Morgan fingerprint density at radius 3 is 2.07 bits per heavy atom. The van der Waals surface area contributed by atoms with Crippen molar-refractivity contribution in [1.29, 1.82) is 0 Å². The van der Waals surface area contributed by atoms with Crippen LogP contribution in [0.3, 0.4) is 0 Å². The molecule has 0 aliphatic carbocycles. The molecule has 0 bridgehead atoms. The molecule has 28 heavy (non-hydrogen) atoms. The number of hydrogen-bond acceptors (Lipinski definition) is 5. The van der Waals surface area contributed by atoms with E-state index in [1.54, 1.807) is 11.0 Å². The number of benzene rings is 1. The fraction of sp³-hybridized carbons (Fsp3) is 0.650. The minimum absolute atomic E-state index is 0.0682. The molecule has 1 aromatic carbocycles. The van der Waals surface area contributed by atoms with Gasteiger partial charge in [0.2, 0.25) is 5.91 Å². The Morgan fingerprint density at radius 2 is 1.54 bits per heavy atom. The highest BCUT2D eigenvalue weighted by Crippen LogP contribution is 2.36. The summed E-state index contributed by atoms with van der Waals surface area (Å²) in [6.07, 6.45) is 4.26. The molecule has 0 aromatic heterocycles. The van der Waals surface area contributed by atoms with Crippen molar-refractivity contribution in [3.05, 3.63) is 28.1 Å². The third-order valence-corrected chi connectivity index (χ3v) is 5.61. The highest BCUT2D eigenvalue weighted by Gasteiger charge is 2.29. The Labute approximate surface area is 165 Å². The number of rotatable bonds is 4. The molecule has 2 aliphatic rings. The van der Waals surface area contributed by atoms with E-state index in [-0.39, 0.29) is 17.5 Å². The molecule has 0 radical (unpaired) electrons. The smallest absolute Gasteiger partial charge is 0.295 e. The lowest BCUT2D eigenvalue weighted by Crippen LogP contribution is -2.50. The zero-order valence-corrected chi connectivity index (χ0v) is 16.7. The Hall–Kier alpha value is -2.38. The Morgan fingerprint density at radius 1 is 0.964 bits per heavy atom. The summed E-state index contributed by atoms with van der Waals surface area (Å²) < 4.78 is 14.7. The largest absolute Gasteiger partial charge is 0.369 e. The second-order valence-corrected chi connectivity index (χ2v) is 7.92. The van der Waals surface area contributed by atoms with Crippen molar-refractivity contribution < 1.29 is 14.1 Å². The van der Waals surface area contributed by atoms with Gasteiger partial charge in [-0.25, -0.2) is 4.39 Å². The molecule has 8 heteroatoms. The molecule has 0 N–H and O–H groups in total. The Kier molecular flexibility index (Phi) is 6.36. The molecular formula is C20H29FN4O3. The van der Waals surface area contributed by atoms with Crippen molar-refractivity contribution in [2.24, 2.45) is 5.92 Å². The standard InChI is InChI=1S/C20H29FN4O3/c1-15(2)20(26)24-11-9-23(10-12-24)18-14-17(16(21)13-19(18)25(27)28)22-7-5-3-4-6-8-22/h13-15H,3-12H2,1-2H3. The van der Waals surface area contributed by atoms with Crippen LogP contribution in [0, 0.1) is 21.8 Å². The molecule has 1 aromatic rings. The monoisotopic (exact) mass is 392 g/mol. The number of carbonyl (C=O) groups is 1. The zero-order valence-electron chi connectivity index (χ0n) is 16.7. The second-order valence-electron chi connectivity index (χ2n) is 7.92. The van der Waals surface area contributed by atoms with Gasteiger partial charge in [-0.3, -0.25) is 14.9 Å². The number of carbonyl (C=O) groups excluding carboxylic acids is 1. The first-order valence-electron chi connectivity index (χ1n) is 10.1. The Bertz CT molecular complexity index is 724. The molecule has 1 amide bonds. The van der Waals surface area contributed by atoms with Crippen LogP contribution in [0.2, 0.25) is 0 Å². The van der Waals surface area contributed by atoms with E-state index in [2.05, 4.69) is 0 Å². The van der Waals surface area contributed by atoms with Gasteiger partial charge < -0.3 is 14.7 Å². The van der Waals surface area contributed by atoms with E-state index in [1.807, 2.05) is 23.6 Å². The first-order chi connectivity index (χ1) is 13.4. The number of nitrogens with zero attached hydrogens (tertiary/aromatic N) is 4. The molecule has 7 nitrogen and oxygen atoms in total. The van der Waals surface area contributed by atoms with Crippen LogP contribution in [-0.4, -0.2) is 55.0 Å². The van der Waals surface area contributed by atoms with Crippen molar-refractivity contribution in [3.8, 4) is 0 Å². The number of piperazine rings is 1. The van der Waals surface area contributed by atoms with Gasteiger partial charge in [0.05, 0.1) is 16.7 Å². The molecule has 3 rings (SSSR count). The fourth-order valence-electron chi connectivity index (χ4n) is 4.03. The SMILES string of the molecule is CC(C)C(=O)N1CCN(c2cc(N3CCCCCC3)c(F)cc2[N+](=O)[O-])CC1. The number of hydrogen-bond donors (Lipinski definition) is 0. The lowest BCUT2D eigenvalue weighted by molar-refractivity contribution is -0.384. The summed E-state index contributed by atoms with van der Waals surface area (Å²) in [4.78, 5) is 28.9. The van der Waals surface area contributed by atoms with Crippen molar-refractivity contribution in [3.63, 3.8) is 0 Å². The van der Waals surface area contributed by atoms with E-state index in [1.165, 1.54) is 0 Å². The summed E-state index contributed by atoms with van der Waals surface area (Å²) in [5.74, 6) is -0.508. The summed E-state index contributed by atoms with van der Waals surface area (Å²) in [6, 6.07) is 2.69. The van der Waals surface area contributed by atoms with Gasteiger partial charge in [0.15, 0.2) is 5.82 Å². The predicted molar refractivity (Wildman–Crippen MR) is 107 cm³/mol. The molecule has 2 aliphatic heterocycles. The van der Waals surface area contributed by atoms with Gasteiger partial charge in [-0.2, -0.15) is 0 Å². The number of nitro benzene ring substituents is 1. The molecule has 2 heterocycles. The summed E-state index contributed by atoms with van der Waals surface area (Å²) in [5, 5.41) is 11.6. The topological polar surface area (TPSA) is 69.9 Å². The van der Waals surface area contributed by atoms with Gasteiger partial charge in [-0.1, -0.05) is 26.7 Å². The molecular weight excluding hydrogens is 363 g/mol. The number of anilines is 2. The van der Waals surface area contributed by atoms with Crippen molar-refractivity contribution >= 4 is 23.0 Å². The third kappa shape index (κ3) is 4.36. The van der Waals surface area contributed by atoms with Gasteiger partial charge in [0, 0.05) is 45.2 Å². The van der Waals surface area contributed by atoms with Crippen LogP contribution in [0.4, 0.5) is 21.5 Å². The van der Waals surface area contributed by atoms with Gasteiger partial charge >= 0.3 is 0 Å². The van der Waals surface area contributed by atoms with Crippen LogP contribution >= 0.6 is 0 Å². The van der Waals surface area contributed by atoms with E-state index in [0.29, 0.717) is 37.6 Å². The van der Waals surface area contributed by atoms with Gasteiger partial charge in [0.1, 0.15) is 5.69 Å². The summed E-state index contributed by atoms with van der Waals surface area (Å²) >= 11 is 0. The molecule has 2 saturated heterocycles. The maximum absolute atomic E-state index is 14.7. The number of nitro groups is 1.